The number of benzene rings is 1. The summed E-state index contributed by atoms with van der Waals surface area (Å²) >= 11 is 0. The highest BCUT2D eigenvalue weighted by molar-refractivity contribution is 6.00. The summed E-state index contributed by atoms with van der Waals surface area (Å²) in [6.07, 6.45) is 0.678. The van der Waals surface area contributed by atoms with E-state index in [2.05, 4.69) is 6.92 Å². The first kappa shape index (κ1) is 25.4. The number of nitrogens with zero attached hydrogens (tertiary/aromatic N) is 2. The van der Waals surface area contributed by atoms with Gasteiger partial charge in [-0.25, -0.2) is 4.79 Å². The summed E-state index contributed by atoms with van der Waals surface area (Å²) in [6, 6.07) is 5.01. The normalized spacial score (nSPS) is 11.8. The summed E-state index contributed by atoms with van der Waals surface area (Å²) in [4.78, 5) is 38.9. The number of pyridine rings is 1. The number of carbonyl (C=O) groups is 2. The Bertz CT molecular complexity index is 1050. The van der Waals surface area contributed by atoms with Gasteiger partial charge < -0.3 is 14.4 Å². The van der Waals surface area contributed by atoms with Gasteiger partial charge in [0.25, 0.3) is 5.56 Å². The minimum absolute atomic E-state index is 0.00247. The summed E-state index contributed by atoms with van der Waals surface area (Å²) in [7, 11) is 0. The largest absolute Gasteiger partial charge is 0.491 e. The Labute approximate surface area is 190 Å². The van der Waals surface area contributed by atoms with Crippen molar-refractivity contribution in [1.29, 1.82) is 0 Å². The lowest BCUT2D eigenvalue weighted by molar-refractivity contribution is 0.0926. The van der Waals surface area contributed by atoms with Crippen LogP contribution in [-0.4, -0.2) is 38.6 Å². The molecule has 1 heterocycles. The third-order valence-corrected chi connectivity index (χ3v) is 5.37. The second kappa shape index (κ2) is 10.2. The average Bonchev–Trinajstić information content (AvgIpc) is 2.68. The zero-order valence-corrected chi connectivity index (χ0v) is 20.3. The van der Waals surface area contributed by atoms with Gasteiger partial charge in [-0.15, -0.1) is 0 Å². The molecule has 2 rings (SSSR count). The van der Waals surface area contributed by atoms with E-state index in [-0.39, 0.29) is 23.8 Å². The van der Waals surface area contributed by atoms with Crippen molar-refractivity contribution < 1.29 is 19.4 Å². The van der Waals surface area contributed by atoms with Crippen molar-refractivity contribution in [3.8, 4) is 5.75 Å². The molecule has 2 aromatic rings. The predicted molar refractivity (Wildman–Crippen MR) is 127 cm³/mol. The van der Waals surface area contributed by atoms with E-state index in [1.54, 1.807) is 22.8 Å². The van der Waals surface area contributed by atoms with E-state index in [4.69, 9.17) is 4.74 Å². The van der Waals surface area contributed by atoms with Gasteiger partial charge in [-0.1, -0.05) is 33.3 Å². The fourth-order valence-corrected chi connectivity index (χ4v) is 3.62. The first-order chi connectivity index (χ1) is 14.9. The smallest absolute Gasteiger partial charge is 0.408 e. The summed E-state index contributed by atoms with van der Waals surface area (Å²) in [5.74, 6) is 0.533. The lowest BCUT2D eigenvalue weighted by Gasteiger charge is -2.34. The lowest BCUT2D eigenvalue weighted by Crippen LogP contribution is -2.45. The summed E-state index contributed by atoms with van der Waals surface area (Å²) < 4.78 is 7.85. The first-order valence-electron chi connectivity index (χ1n) is 11.2. The number of carboxylic acid groups (broad SMARTS) is 1. The number of hydrogen-bond acceptors (Lipinski definition) is 4. The maximum atomic E-state index is 13.5. The lowest BCUT2D eigenvalue weighted by atomic mass is 10.0. The van der Waals surface area contributed by atoms with Crippen LogP contribution >= 0.6 is 0 Å². The number of aromatic nitrogens is 1. The number of ketones is 1. The van der Waals surface area contributed by atoms with E-state index in [0.717, 1.165) is 12.8 Å². The summed E-state index contributed by atoms with van der Waals surface area (Å²) in [6.45, 7) is 13.9. The van der Waals surface area contributed by atoms with E-state index in [1.807, 2.05) is 34.6 Å². The fourth-order valence-electron chi connectivity index (χ4n) is 3.62. The molecular formula is C25H36N2O5. The molecule has 1 N–H and O–H groups in total. The minimum atomic E-state index is -1.07. The van der Waals surface area contributed by atoms with Crippen molar-refractivity contribution in [2.45, 2.75) is 79.9 Å². The Morgan fingerprint density at radius 3 is 2.34 bits per heavy atom. The minimum Gasteiger partial charge on any atom is -0.491 e. The number of hydrogen-bond donors (Lipinski definition) is 1. The third kappa shape index (κ3) is 5.69. The molecule has 0 unspecified atom stereocenters. The Kier molecular flexibility index (Phi) is 8.10. The Morgan fingerprint density at radius 2 is 1.84 bits per heavy atom. The second-order valence-electron chi connectivity index (χ2n) is 9.64. The van der Waals surface area contributed by atoms with Crippen molar-refractivity contribution in [2.24, 2.45) is 5.92 Å². The van der Waals surface area contributed by atoms with Gasteiger partial charge in [-0.2, -0.15) is 0 Å². The molecule has 1 aromatic carbocycles. The molecule has 0 atom stereocenters. The monoisotopic (exact) mass is 444 g/mol. The summed E-state index contributed by atoms with van der Waals surface area (Å²) in [5.41, 5.74) is 0.114. The molecule has 7 nitrogen and oxygen atoms in total. The van der Waals surface area contributed by atoms with Crippen LogP contribution in [0.25, 0.3) is 10.8 Å². The zero-order chi connectivity index (χ0) is 24.2. The molecule has 7 heteroatoms. The maximum Gasteiger partial charge on any atom is 0.408 e. The van der Waals surface area contributed by atoms with E-state index >= 15 is 0 Å². The number of amides is 1. The standard InChI is InChI=1S/C25H36N2O5/c1-8-9-12-32-22-20-13-18(17(4)28)10-11-19(20)23(29)26(14-16(2)3)21(22)15-27(24(30)31)25(5,6)7/h10-11,13,16H,8-9,12,14-15H2,1-7H3,(H,30,31). The number of rotatable bonds is 9. The number of unbranched alkanes of at least 4 members (excludes halogenated alkanes) is 1. The van der Waals surface area contributed by atoms with Crippen molar-refractivity contribution in [1.82, 2.24) is 9.47 Å². The van der Waals surface area contributed by atoms with E-state index < -0.39 is 11.6 Å². The van der Waals surface area contributed by atoms with Crippen LogP contribution < -0.4 is 10.3 Å². The SMILES string of the molecule is CCCCOc1c(CN(C(=O)O)C(C)(C)C)n(CC(C)C)c(=O)c2ccc(C(C)=O)cc12. The fraction of sp³-hybridized carbons (Fsp3) is 0.560. The molecule has 1 aromatic heterocycles. The van der Waals surface area contributed by atoms with Gasteiger partial charge >= 0.3 is 6.09 Å². The highest BCUT2D eigenvalue weighted by atomic mass is 16.5. The molecule has 1 amide bonds. The number of carbonyl (C=O) groups excluding carboxylic acids is 1. The van der Waals surface area contributed by atoms with Gasteiger partial charge in [-0.3, -0.25) is 14.5 Å². The quantitative estimate of drug-likeness (QED) is 0.418. The molecule has 0 aliphatic rings. The van der Waals surface area contributed by atoms with Gasteiger partial charge in [0.05, 0.1) is 24.2 Å². The third-order valence-electron chi connectivity index (χ3n) is 5.37. The average molecular weight is 445 g/mol. The Balaban J connectivity index is 2.90. The van der Waals surface area contributed by atoms with Crippen molar-refractivity contribution in [2.75, 3.05) is 6.61 Å². The van der Waals surface area contributed by atoms with Crippen LogP contribution in [0.5, 0.6) is 5.75 Å². The van der Waals surface area contributed by atoms with Crippen LogP contribution in [0.1, 0.15) is 77.4 Å². The van der Waals surface area contributed by atoms with E-state index in [9.17, 15) is 19.5 Å². The van der Waals surface area contributed by atoms with Crippen molar-refractivity contribution in [3.63, 3.8) is 0 Å². The van der Waals surface area contributed by atoms with Crippen LogP contribution in [0.2, 0.25) is 0 Å². The predicted octanol–water partition coefficient (Wildman–Crippen LogP) is 5.32. The van der Waals surface area contributed by atoms with Crippen LogP contribution in [0.15, 0.2) is 23.0 Å². The molecule has 0 saturated carbocycles. The molecule has 0 aliphatic carbocycles. The Hall–Kier alpha value is -2.83. The number of fused-ring (bicyclic) bond motifs is 1. The molecule has 0 aliphatic heterocycles. The molecular weight excluding hydrogens is 408 g/mol. The van der Waals surface area contributed by atoms with Crippen molar-refractivity contribution >= 4 is 22.6 Å². The zero-order valence-electron chi connectivity index (χ0n) is 20.3. The van der Waals surface area contributed by atoms with Gasteiger partial charge in [0.1, 0.15) is 5.75 Å². The molecule has 32 heavy (non-hydrogen) atoms. The van der Waals surface area contributed by atoms with Crippen LogP contribution in [0, 0.1) is 5.92 Å². The molecule has 0 saturated heterocycles. The topological polar surface area (TPSA) is 88.8 Å². The highest BCUT2D eigenvalue weighted by Gasteiger charge is 2.30. The number of Topliss-reactive ketones (excluding diaryl/α,β-unsaturated/α-hetero) is 1. The van der Waals surface area contributed by atoms with Gasteiger partial charge in [-0.05, 0) is 52.2 Å². The Morgan fingerprint density at radius 1 is 1.19 bits per heavy atom. The van der Waals surface area contributed by atoms with Gasteiger partial charge in [0.2, 0.25) is 0 Å². The summed E-state index contributed by atoms with van der Waals surface area (Å²) in [5, 5.41) is 10.9. The maximum absolute atomic E-state index is 13.5. The molecule has 0 spiro atoms. The second-order valence-corrected chi connectivity index (χ2v) is 9.64. The molecule has 176 valence electrons. The van der Waals surface area contributed by atoms with Crippen LogP contribution in [0.3, 0.4) is 0 Å². The molecule has 0 radical (unpaired) electrons. The van der Waals surface area contributed by atoms with Crippen LogP contribution in [0.4, 0.5) is 4.79 Å². The molecule has 0 fully saturated rings. The van der Waals surface area contributed by atoms with Crippen molar-refractivity contribution in [3.05, 3.63) is 39.8 Å². The molecule has 0 bridgehead atoms. The number of ether oxygens (including phenoxy) is 1. The van der Waals surface area contributed by atoms with E-state index in [1.165, 1.54) is 11.8 Å². The van der Waals surface area contributed by atoms with Gasteiger partial charge in [0.15, 0.2) is 5.78 Å². The van der Waals surface area contributed by atoms with Crippen LogP contribution in [-0.2, 0) is 13.1 Å². The first-order valence-corrected chi connectivity index (χ1v) is 11.2. The van der Waals surface area contributed by atoms with Gasteiger partial charge in [0, 0.05) is 23.0 Å². The van der Waals surface area contributed by atoms with E-state index in [0.29, 0.717) is 40.9 Å². The highest BCUT2D eigenvalue weighted by Crippen LogP contribution is 2.32.